The van der Waals surface area contributed by atoms with Crippen molar-refractivity contribution in [3.05, 3.63) is 38.4 Å². The number of ether oxygens (including phenoxy) is 1. The highest BCUT2D eigenvalue weighted by atomic mass is 127. The maximum absolute atomic E-state index is 12.7. The Balaban J connectivity index is 1.73. The Kier molecular flexibility index (Phi) is 5.11. The van der Waals surface area contributed by atoms with Gasteiger partial charge in [0.25, 0.3) is 0 Å². The van der Waals surface area contributed by atoms with Crippen LogP contribution in [0.15, 0.2) is 34.8 Å². The molecule has 0 unspecified atom stereocenters. The number of hydrogen-bond acceptors (Lipinski definition) is 1. The molecule has 0 aliphatic heterocycles. The van der Waals surface area contributed by atoms with Gasteiger partial charge >= 0.3 is 6.18 Å². The number of fused-ring (bicyclic) bond motifs is 1. The molecule has 0 saturated heterocycles. The normalized spacial score (nSPS) is 22.3. The predicted molar refractivity (Wildman–Crippen MR) is 96.8 cm³/mol. The summed E-state index contributed by atoms with van der Waals surface area (Å²) in [4.78, 5) is 0. The van der Waals surface area contributed by atoms with E-state index in [2.05, 4.69) is 38.5 Å². The highest BCUT2D eigenvalue weighted by Crippen LogP contribution is 2.39. The van der Waals surface area contributed by atoms with E-state index in [1.807, 2.05) is 30.3 Å². The SMILES string of the molecule is FC(F)(F)[C@H]1CC[C@@H](Oc2ccc3cc(Br)ccc3c2I)CC1. The quantitative estimate of drug-likeness (QED) is 0.418. The Bertz CT molecular complexity index is 709. The molecule has 3 rings (SSSR count). The van der Waals surface area contributed by atoms with E-state index in [9.17, 15) is 13.2 Å². The Morgan fingerprint density at radius 3 is 2.39 bits per heavy atom. The zero-order valence-electron chi connectivity index (χ0n) is 12.2. The largest absolute Gasteiger partial charge is 0.489 e. The van der Waals surface area contributed by atoms with Crippen molar-refractivity contribution in [1.82, 2.24) is 0 Å². The average Bonchev–Trinajstić information content (AvgIpc) is 2.50. The van der Waals surface area contributed by atoms with Crippen LogP contribution in [-0.2, 0) is 0 Å². The Morgan fingerprint density at radius 2 is 1.74 bits per heavy atom. The fraction of sp³-hybridized carbons (Fsp3) is 0.412. The first kappa shape index (κ1) is 17.3. The third-order valence-corrected chi connectivity index (χ3v) is 5.92. The standard InChI is InChI=1S/C17H15BrF3IO/c18-12-4-7-14-10(9-12)1-8-15(16(14)22)23-13-5-2-11(3-6-13)17(19,20)21/h1,4,7-9,11,13H,2-3,5-6H2/t11-,13+. The minimum Gasteiger partial charge on any atom is -0.489 e. The molecular weight excluding hydrogens is 484 g/mol. The van der Waals surface area contributed by atoms with Crippen molar-refractivity contribution in [2.75, 3.05) is 0 Å². The van der Waals surface area contributed by atoms with E-state index in [4.69, 9.17) is 4.74 Å². The number of benzene rings is 2. The lowest BCUT2D eigenvalue weighted by molar-refractivity contribution is -0.185. The second-order valence-electron chi connectivity index (χ2n) is 5.88. The van der Waals surface area contributed by atoms with E-state index < -0.39 is 12.1 Å². The number of alkyl halides is 3. The van der Waals surface area contributed by atoms with Crippen LogP contribution in [0.3, 0.4) is 0 Å². The monoisotopic (exact) mass is 498 g/mol. The lowest BCUT2D eigenvalue weighted by Crippen LogP contribution is -2.32. The molecule has 0 N–H and O–H groups in total. The Hall–Kier alpha value is -0.500. The number of halogens is 5. The molecule has 0 amide bonds. The Labute approximate surface area is 154 Å². The minimum absolute atomic E-state index is 0.130. The van der Waals surface area contributed by atoms with Crippen LogP contribution in [0, 0.1) is 9.49 Å². The summed E-state index contributed by atoms with van der Waals surface area (Å²) in [6, 6.07) is 9.93. The van der Waals surface area contributed by atoms with E-state index in [0.717, 1.165) is 24.6 Å². The molecule has 2 aromatic carbocycles. The van der Waals surface area contributed by atoms with Crippen molar-refractivity contribution in [3.63, 3.8) is 0 Å². The van der Waals surface area contributed by atoms with Crippen LogP contribution in [0.4, 0.5) is 13.2 Å². The van der Waals surface area contributed by atoms with Gasteiger partial charge in [0.2, 0.25) is 0 Å². The average molecular weight is 499 g/mol. The summed E-state index contributed by atoms with van der Waals surface area (Å²) in [6.07, 6.45) is -2.97. The summed E-state index contributed by atoms with van der Waals surface area (Å²) < 4.78 is 46.2. The van der Waals surface area contributed by atoms with Crippen LogP contribution in [0.5, 0.6) is 5.75 Å². The molecule has 23 heavy (non-hydrogen) atoms. The van der Waals surface area contributed by atoms with Crippen molar-refractivity contribution in [2.45, 2.75) is 38.0 Å². The highest BCUT2D eigenvalue weighted by molar-refractivity contribution is 14.1. The van der Waals surface area contributed by atoms with Gasteiger partial charge in [0, 0.05) is 4.47 Å². The molecule has 1 aliphatic rings. The fourth-order valence-corrected chi connectivity index (χ4v) is 4.20. The van der Waals surface area contributed by atoms with Gasteiger partial charge in [-0.1, -0.05) is 28.1 Å². The van der Waals surface area contributed by atoms with Crippen molar-refractivity contribution >= 4 is 49.3 Å². The van der Waals surface area contributed by atoms with Gasteiger partial charge in [-0.25, -0.2) is 0 Å². The predicted octanol–water partition coefficient (Wildman–Crippen LogP) is 6.71. The molecule has 6 heteroatoms. The van der Waals surface area contributed by atoms with E-state index >= 15 is 0 Å². The zero-order valence-corrected chi connectivity index (χ0v) is 15.9. The second kappa shape index (κ2) is 6.78. The van der Waals surface area contributed by atoms with Crippen LogP contribution >= 0.6 is 38.5 Å². The van der Waals surface area contributed by atoms with Crippen LogP contribution in [0.1, 0.15) is 25.7 Å². The molecule has 1 aliphatic carbocycles. The van der Waals surface area contributed by atoms with Gasteiger partial charge in [0.05, 0.1) is 15.6 Å². The summed E-state index contributed by atoms with van der Waals surface area (Å²) in [5, 5.41) is 2.20. The lowest BCUT2D eigenvalue weighted by Gasteiger charge is -2.30. The first-order valence-electron chi connectivity index (χ1n) is 7.46. The van der Waals surface area contributed by atoms with Gasteiger partial charge in [0.1, 0.15) is 5.75 Å². The van der Waals surface area contributed by atoms with Crippen molar-refractivity contribution < 1.29 is 17.9 Å². The van der Waals surface area contributed by atoms with E-state index in [0.29, 0.717) is 12.8 Å². The molecule has 0 aromatic heterocycles. The first-order chi connectivity index (χ1) is 10.8. The molecule has 2 aromatic rings. The van der Waals surface area contributed by atoms with Gasteiger partial charge in [-0.15, -0.1) is 0 Å². The molecule has 0 heterocycles. The maximum Gasteiger partial charge on any atom is 0.391 e. The smallest absolute Gasteiger partial charge is 0.391 e. The van der Waals surface area contributed by atoms with Crippen molar-refractivity contribution in [1.29, 1.82) is 0 Å². The fourth-order valence-electron chi connectivity index (χ4n) is 3.02. The molecular formula is C17H15BrF3IO. The summed E-state index contributed by atoms with van der Waals surface area (Å²) in [5.74, 6) is -0.411. The third kappa shape index (κ3) is 3.95. The van der Waals surface area contributed by atoms with Crippen molar-refractivity contribution in [3.8, 4) is 5.75 Å². The highest BCUT2D eigenvalue weighted by Gasteiger charge is 2.41. The van der Waals surface area contributed by atoms with Crippen LogP contribution in [0.25, 0.3) is 10.8 Å². The third-order valence-electron chi connectivity index (χ3n) is 4.31. The van der Waals surface area contributed by atoms with E-state index in [1.54, 1.807) is 0 Å². The van der Waals surface area contributed by atoms with Gasteiger partial charge < -0.3 is 4.74 Å². The van der Waals surface area contributed by atoms with Gasteiger partial charge in [-0.05, 0) is 77.2 Å². The lowest BCUT2D eigenvalue weighted by atomic mass is 9.87. The van der Waals surface area contributed by atoms with Crippen LogP contribution in [0.2, 0.25) is 0 Å². The van der Waals surface area contributed by atoms with Gasteiger partial charge in [0.15, 0.2) is 0 Å². The van der Waals surface area contributed by atoms with E-state index in [-0.39, 0.29) is 18.9 Å². The van der Waals surface area contributed by atoms with Crippen LogP contribution < -0.4 is 4.74 Å². The molecule has 0 radical (unpaired) electrons. The summed E-state index contributed by atoms with van der Waals surface area (Å²) >= 11 is 5.69. The number of hydrogen-bond donors (Lipinski definition) is 0. The second-order valence-corrected chi connectivity index (χ2v) is 7.87. The molecule has 0 bridgehead atoms. The molecule has 0 atom stereocenters. The zero-order chi connectivity index (χ0) is 16.6. The summed E-state index contributed by atoms with van der Waals surface area (Å²) in [5.41, 5.74) is 0. The van der Waals surface area contributed by atoms with Gasteiger partial charge in [-0.2, -0.15) is 13.2 Å². The van der Waals surface area contributed by atoms with E-state index in [1.165, 1.54) is 0 Å². The van der Waals surface area contributed by atoms with Gasteiger partial charge in [-0.3, -0.25) is 0 Å². The van der Waals surface area contributed by atoms with Crippen molar-refractivity contribution in [2.24, 2.45) is 5.92 Å². The molecule has 1 saturated carbocycles. The molecule has 1 fully saturated rings. The molecule has 0 spiro atoms. The maximum atomic E-state index is 12.7. The molecule has 124 valence electrons. The number of rotatable bonds is 2. The Morgan fingerprint density at radius 1 is 1.04 bits per heavy atom. The topological polar surface area (TPSA) is 9.23 Å². The minimum atomic E-state index is -4.07. The van der Waals surface area contributed by atoms with Crippen LogP contribution in [-0.4, -0.2) is 12.3 Å². The first-order valence-corrected chi connectivity index (χ1v) is 9.33. The summed E-state index contributed by atoms with van der Waals surface area (Å²) in [6.45, 7) is 0. The summed E-state index contributed by atoms with van der Waals surface area (Å²) in [7, 11) is 0. The molecule has 1 nitrogen and oxygen atoms in total.